The van der Waals surface area contributed by atoms with Crippen molar-refractivity contribution in [3.05, 3.63) is 29.0 Å². The van der Waals surface area contributed by atoms with Gasteiger partial charge in [0.25, 0.3) is 0 Å². The molecule has 0 radical (unpaired) electrons. The van der Waals surface area contributed by atoms with Gasteiger partial charge in [-0.1, -0.05) is 11.6 Å². The van der Waals surface area contributed by atoms with Gasteiger partial charge in [-0.25, -0.2) is 4.39 Å². The Bertz CT molecular complexity index is 504. The first kappa shape index (κ1) is 17.2. The first-order valence-corrected chi connectivity index (χ1v) is 8.08. The fourth-order valence-corrected chi connectivity index (χ4v) is 2.94. The van der Waals surface area contributed by atoms with Crippen molar-refractivity contribution < 1.29 is 9.18 Å². The highest BCUT2D eigenvalue weighted by Crippen LogP contribution is 2.21. The number of carbonyl (C=O) groups excluding carboxylic acids is 1. The van der Waals surface area contributed by atoms with Crippen LogP contribution in [-0.4, -0.2) is 44.0 Å². The summed E-state index contributed by atoms with van der Waals surface area (Å²) >= 11 is 5.82. The number of hydrogen-bond donors (Lipinski definition) is 2. The van der Waals surface area contributed by atoms with Crippen LogP contribution in [0.5, 0.6) is 0 Å². The number of halogens is 2. The number of carbonyl (C=O) groups is 1. The third-order valence-corrected chi connectivity index (χ3v) is 4.31. The van der Waals surface area contributed by atoms with Gasteiger partial charge >= 0.3 is 0 Å². The number of hydrogen-bond acceptors (Lipinski definition) is 3. The summed E-state index contributed by atoms with van der Waals surface area (Å²) in [5.74, 6) is 0.0653. The van der Waals surface area contributed by atoms with Crippen LogP contribution in [0.25, 0.3) is 0 Å². The van der Waals surface area contributed by atoms with E-state index in [2.05, 4.69) is 15.5 Å². The molecule has 1 aromatic rings. The molecule has 122 valence electrons. The van der Waals surface area contributed by atoms with E-state index in [0.29, 0.717) is 11.6 Å². The van der Waals surface area contributed by atoms with Crippen LogP contribution in [0.2, 0.25) is 5.02 Å². The zero-order chi connectivity index (χ0) is 15.9. The molecule has 0 atom stereocenters. The minimum Gasteiger partial charge on any atom is -0.322 e. The van der Waals surface area contributed by atoms with Gasteiger partial charge in [0.15, 0.2) is 0 Å². The van der Waals surface area contributed by atoms with Gasteiger partial charge in [-0.2, -0.15) is 0 Å². The second kappa shape index (κ2) is 8.46. The van der Waals surface area contributed by atoms with Gasteiger partial charge < -0.3 is 10.6 Å². The summed E-state index contributed by atoms with van der Waals surface area (Å²) in [5, 5.41) is 6.17. The van der Waals surface area contributed by atoms with Gasteiger partial charge in [-0.05, 0) is 70.1 Å². The van der Waals surface area contributed by atoms with E-state index in [1.807, 2.05) is 7.05 Å². The standard InChI is InChI=1S/C16H23ClFN3O/c1-19-7-4-12-5-8-21(9-6-12)11-16(22)20-15-10-13(17)2-3-14(15)18/h2-3,10,12,19H,4-9,11H2,1H3,(H,20,22). The Hall–Kier alpha value is -1.17. The van der Waals surface area contributed by atoms with E-state index < -0.39 is 5.82 Å². The summed E-state index contributed by atoms with van der Waals surface area (Å²) in [6.45, 7) is 3.17. The molecular weight excluding hydrogens is 305 g/mol. The molecule has 1 aromatic carbocycles. The monoisotopic (exact) mass is 327 g/mol. The summed E-state index contributed by atoms with van der Waals surface area (Å²) in [4.78, 5) is 14.1. The average Bonchev–Trinajstić information content (AvgIpc) is 2.50. The van der Waals surface area contributed by atoms with E-state index in [0.717, 1.165) is 38.4 Å². The van der Waals surface area contributed by atoms with Gasteiger partial charge in [-0.15, -0.1) is 0 Å². The van der Waals surface area contributed by atoms with E-state index in [4.69, 9.17) is 11.6 Å². The maximum atomic E-state index is 13.6. The molecule has 2 rings (SSSR count). The van der Waals surface area contributed by atoms with Gasteiger partial charge in [-0.3, -0.25) is 9.69 Å². The van der Waals surface area contributed by atoms with E-state index in [1.165, 1.54) is 24.6 Å². The second-order valence-electron chi connectivity index (χ2n) is 5.78. The Balaban J connectivity index is 1.77. The molecule has 1 aliphatic heterocycles. The van der Waals surface area contributed by atoms with Gasteiger partial charge in [0.1, 0.15) is 5.82 Å². The van der Waals surface area contributed by atoms with Crippen LogP contribution in [0, 0.1) is 11.7 Å². The normalized spacial score (nSPS) is 16.7. The van der Waals surface area contributed by atoms with Crippen LogP contribution in [-0.2, 0) is 4.79 Å². The number of rotatable bonds is 6. The van der Waals surface area contributed by atoms with Crippen molar-refractivity contribution in [3.63, 3.8) is 0 Å². The molecule has 1 saturated heterocycles. The minimum absolute atomic E-state index is 0.140. The van der Waals surface area contributed by atoms with Crippen LogP contribution in [0.15, 0.2) is 18.2 Å². The molecule has 6 heteroatoms. The third kappa shape index (κ3) is 5.23. The Kier molecular flexibility index (Phi) is 6.61. The van der Waals surface area contributed by atoms with Crippen LogP contribution < -0.4 is 10.6 Å². The summed E-state index contributed by atoms with van der Waals surface area (Å²) in [5.41, 5.74) is 0.140. The van der Waals surface area contributed by atoms with Gasteiger partial charge in [0.2, 0.25) is 5.91 Å². The van der Waals surface area contributed by atoms with Crippen molar-refractivity contribution in [3.8, 4) is 0 Å². The van der Waals surface area contributed by atoms with Gasteiger partial charge in [0, 0.05) is 5.02 Å². The molecule has 1 aliphatic rings. The molecule has 0 unspecified atom stereocenters. The Morgan fingerprint density at radius 2 is 2.14 bits per heavy atom. The highest BCUT2D eigenvalue weighted by Gasteiger charge is 2.20. The zero-order valence-corrected chi connectivity index (χ0v) is 13.6. The van der Waals surface area contributed by atoms with E-state index >= 15 is 0 Å². The fraction of sp³-hybridized carbons (Fsp3) is 0.562. The quantitative estimate of drug-likeness (QED) is 0.844. The molecular formula is C16H23ClFN3O. The van der Waals surface area contributed by atoms with E-state index in [-0.39, 0.29) is 11.6 Å². The largest absolute Gasteiger partial charge is 0.322 e. The van der Waals surface area contributed by atoms with E-state index in [1.54, 1.807) is 0 Å². The predicted octanol–water partition coefficient (Wildman–Crippen LogP) is 2.74. The number of piperidine rings is 1. The lowest BCUT2D eigenvalue weighted by atomic mass is 9.93. The molecule has 0 aliphatic carbocycles. The Labute approximate surface area is 136 Å². The molecule has 0 saturated carbocycles. The third-order valence-electron chi connectivity index (χ3n) is 4.08. The van der Waals surface area contributed by atoms with Crippen molar-refractivity contribution in [1.82, 2.24) is 10.2 Å². The molecule has 0 spiro atoms. The number of amides is 1. The lowest BCUT2D eigenvalue weighted by molar-refractivity contribution is -0.117. The topological polar surface area (TPSA) is 44.4 Å². The van der Waals surface area contributed by atoms with Crippen molar-refractivity contribution in [2.24, 2.45) is 5.92 Å². The van der Waals surface area contributed by atoms with Crippen molar-refractivity contribution in [1.29, 1.82) is 0 Å². The van der Waals surface area contributed by atoms with Crippen LogP contribution >= 0.6 is 11.6 Å². The van der Waals surface area contributed by atoms with Crippen molar-refractivity contribution in [2.45, 2.75) is 19.3 Å². The first-order chi connectivity index (χ1) is 10.6. The van der Waals surface area contributed by atoms with Crippen LogP contribution in [0.1, 0.15) is 19.3 Å². The van der Waals surface area contributed by atoms with E-state index in [9.17, 15) is 9.18 Å². The average molecular weight is 328 g/mol. The number of anilines is 1. The van der Waals surface area contributed by atoms with Crippen LogP contribution in [0.4, 0.5) is 10.1 Å². The summed E-state index contributed by atoms with van der Waals surface area (Å²) in [7, 11) is 1.97. The SMILES string of the molecule is CNCCC1CCN(CC(=O)Nc2cc(Cl)ccc2F)CC1. The van der Waals surface area contributed by atoms with Crippen molar-refractivity contribution in [2.75, 3.05) is 38.5 Å². The fourth-order valence-electron chi connectivity index (χ4n) is 2.77. The number of nitrogens with one attached hydrogen (secondary N) is 2. The first-order valence-electron chi connectivity index (χ1n) is 7.70. The number of likely N-dealkylation sites (tertiary alicyclic amines) is 1. The summed E-state index contributed by atoms with van der Waals surface area (Å²) in [6, 6.07) is 4.15. The highest BCUT2D eigenvalue weighted by atomic mass is 35.5. The Morgan fingerprint density at radius 3 is 2.82 bits per heavy atom. The molecule has 1 fully saturated rings. The van der Waals surface area contributed by atoms with Crippen molar-refractivity contribution >= 4 is 23.2 Å². The second-order valence-corrected chi connectivity index (χ2v) is 6.22. The Morgan fingerprint density at radius 1 is 1.41 bits per heavy atom. The van der Waals surface area contributed by atoms with Gasteiger partial charge in [0.05, 0.1) is 12.2 Å². The number of benzene rings is 1. The highest BCUT2D eigenvalue weighted by molar-refractivity contribution is 6.30. The maximum absolute atomic E-state index is 13.6. The molecule has 0 bridgehead atoms. The maximum Gasteiger partial charge on any atom is 0.238 e. The number of nitrogens with zero attached hydrogens (tertiary/aromatic N) is 1. The summed E-state index contributed by atoms with van der Waals surface area (Å²) < 4.78 is 13.6. The van der Waals surface area contributed by atoms with Crippen LogP contribution in [0.3, 0.4) is 0 Å². The molecule has 4 nitrogen and oxygen atoms in total. The molecule has 1 heterocycles. The predicted molar refractivity (Wildman–Crippen MR) is 87.7 cm³/mol. The smallest absolute Gasteiger partial charge is 0.238 e. The molecule has 1 amide bonds. The zero-order valence-electron chi connectivity index (χ0n) is 12.9. The molecule has 0 aromatic heterocycles. The molecule has 2 N–H and O–H groups in total. The lowest BCUT2D eigenvalue weighted by Gasteiger charge is -2.31. The molecule has 22 heavy (non-hydrogen) atoms. The summed E-state index contributed by atoms with van der Waals surface area (Å²) in [6.07, 6.45) is 3.41. The minimum atomic E-state index is -0.469. The lowest BCUT2D eigenvalue weighted by Crippen LogP contribution is -2.39.